The molecule has 0 atom stereocenters. The molecular formula is C19H22ClN5O2. The number of carbonyl (C=O) groups is 1. The van der Waals surface area contributed by atoms with Gasteiger partial charge in [-0.1, -0.05) is 0 Å². The first-order valence-corrected chi connectivity index (χ1v) is 8.90. The number of halogens is 1. The van der Waals surface area contributed by atoms with Gasteiger partial charge in [0.1, 0.15) is 11.4 Å². The molecule has 0 saturated heterocycles. The van der Waals surface area contributed by atoms with Crippen molar-refractivity contribution < 1.29 is 9.53 Å². The summed E-state index contributed by atoms with van der Waals surface area (Å²) in [5.74, 6) is 0.650. The van der Waals surface area contributed by atoms with Gasteiger partial charge in [-0.05, 0) is 70.0 Å². The molecule has 1 aromatic carbocycles. The third-order valence-electron chi connectivity index (χ3n) is 4.07. The van der Waals surface area contributed by atoms with Gasteiger partial charge in [-0.3, -0.25) is 0 Å². The molecule has 3 aromatic rings. The van der Waals surface area contributed by atoms with Crippen molar-refractivity contribution in [3.63, 3.8) is 0 Å². The van der Waals surface area contributed by atoms with E-state index < -0.39 is 11.7 Å². The lowest BCUT2D eigenvalue weighted by atomic mass is 10.1. The van der Waals surface area contributed by atoms with Crippen LogP contribution < -0.4 is 4.90 Å². The summed E-state index contributed by atoms with van der Waals surface area (Å²) in [6.45, 7) is 9.34. The quantitative estimate of drug-likeness (QED) is 0.596. The Hall–Kier alpha value is -2.67. The van der Waals surface area contributed by atoms with E-state index in [-0.39, 0.29) is 5.28 Å². The maximum atomic E-state index is 12.6. The number of carbonyl (C=O) groups excluding carboxylic acids is 1. The van der Waals surface area contributed by atoms with Gasteiger partial charge in [-0.25, -0.2) is 14.8 Å². The number of aromatic nitrogens is 4. The second-order valence-corrected chi connectivity index (χ2v) is 7.71. The van der Waals surface area contributed by atoms with Crippen molar-refractivity contribution in [2.24, 2.45) is 0 Å². The molecule has 2 aromatic heterocycles. The van der Waals surface area contributed by atoms with E-state index in [9.17, 15) is 4.79 Å². The van der Waals surface area contributed by atoms with Crippen molar-refractivity contribution in [2.75, 3.05) is 11.9 Å². The monoisotopic (exact) mass is 387 g/mol. The lowest BCUT2D eigenvalue weighted by molar-refractivity contribution is 0.0522. The Morgan fingerprint density at radius 1 is 1.26 bits per heavy atom. The lowest BCUT2D eigenvalue weighted by Gasteiger charge is -2.21. The summed E-state index contributed by atoms with van der Waals surface area (Å²) in [4.78, 5) is 22.7. The molecular weight excluding hydrogens is 366 g/mol. The number of hydrogen-bond donors (Lipinski definition) is 0. The first-order valence-electron chi connectivity index (χ1n) is 8.52. The van der Waals surface area contributed by atoms with E-state index in [0.717, 1.165) is 22.3 Å². The Kier molecular flexibility index (Phi) is 4.82. The highest BCUT2D eigenvalue weighted by Crippen LogP contribution is 2.31. The Balaban J connectivity index is 2.12. The second kappa shape index (κ2) is 6.81. The molecule has 0 N–H and O–H groups in total. The average molecular weight is 388 g/mol. The number of rotatable bonds is 2. The minimum Gasteiger partial charge on any atom is -0.442 e. The summed E-state index contributed by atoms with van der Waals surface area (Å²) in [5.41, 5.74) is 2.73. The lowest BCUT2D eigenvalue weighted by Crippen LogP contribution is -2.27. The zero-order valence-electron chi connectivity index (χ0n) is 16.2. The van der Waals surface area contributed by atoms with Gasteiger partial charge < -0.3 is 9.64 Å². The summed E-state index contributed by atoms with van der Waals surface area (Å²) in [5, 5.41) is 5.45. The number of fused-ring (bicyclic) bond motifs is 1. The first kappa shape index (κ1) is 19.1. The van der Waals surface area contributed by atoms with E-state index in [2.05, 4.69) is 15.1 Å². The van der Waals surface area contributed by atoms with Crippen molar-refractivity contribution in [2.45, 2.75) is 40.2 Å². The van der Waals surface area contributed by atoms with Crippen LogP contribution in [0.3, 0.4) is 0 Å². The maximum absolute atomic E-state index is 12.6. The van der Waals surface area contributed by atoms with Gasteiger partial charge in [0.15, 0.2) is 0 Å². The largest absolute Gasteiger partial charge is 0.442 e. The number of anilines is 2. The van der Waals surface area contributed by atoms with Crippen LogP contribution >= 0.6 is 11.6 Å². The molecule has 0 spiro atoms. The SMILES string of the molecule is Cc1cc2c(C)nn(C(=O)OC(C)(C)C)c2cc1N(C)c1ccnc(Cl)n1. The summed E-state index contributed by atoms with van der Waals surface area (Å²) in [7, 11) is 1.88. The number of benzene rings is 1. The second-order valence-electron chi connectivity index (χ2n) is 7.38. The Morgan fingerprint density at radius 3 is 2.59 bits per heavy atom. The van der Waals surface area contributed by atoms with Gasteiger partial charge in [0, 0.05) is 24.3 Å². The summed E-state index contributed by atoms with van der Waals surface area (Å²) in [6.07, 6.45) is 1.09. The highest BCUT2D eigenvalue weighted by molar-refractivity contribution is 6.28. The molecule has 2 heterocycles. The van der Waals surface area contributed by atoms with Crippen LogP contribution in [0.5, 0.6) is 0 Å². The number of ether oxygens (including phenoxy) is 1. The molecule has 0 amide bonds. The summed E-state index contributed by atoms with van der Waals surface area (Å²) >= 11 is 5.92. The molecule has 142 valence electrons. The molecule has 0 aliphatic heterocycles. The molecule has 8 heteroatoms. The molecule has 0 aliphatic rings. The van der Waals surface area contributed by atoms with Crippen LogP contribution in [-0.2, 0) is 4.74 Å². The predicted octanol–water partition coefficient (Wildman–Crippen LogP) is 4.65. The zero-order valence-corrected chi connectivity index (χ0v) is 17.0. The van der Waals surface area contributed by atoms with E-state index in [4.69, 9.17) is 16.3 Å². The van der Waals surface area contributed by atoms with Gasteiger partial charge >= 0.3 is 6.09 Å². The molecule has 0 bridgehead atoms. The molecule has 0 radical (unpaired) electrons. The fourth-order valence-electron chi connectivity index (χ4n) is 2.85. The van der Waals surface area contributed by atoms with E-state index in [1.54, 1.807) is 12.3 Å². The number of nitrogens with zero attached hydrogens (tertiary/aromatic N) is 5. The number of aryl methyl sites for hydroxylation is 2. The first-order chi connectivity index (χ1) is 12.6. The van der Waals surface area contributed by atoms with E-state index >= 15 is 0 Å². The van der Waals surface area contributed by atoms with Crippen molar-refractivity contribution in [3.8, 4) is 0 Å². The zero-order chi connectivity index (χ0) is 19.9. The molecule has 0 fully saturated rings. The molecule has 0 saturated carbocycles. The van der Waals surface area contributed by atoms with Gasteiger partial charge in [0.05, 0.1) is 11.2 Å². The van der Waals surface area contributed by atoms with E-state index in [1.165, 1.54) is 4.68 Å². The summed E-state index contributed by atoms with van der Waals surface area (Å²) in [6, 6.07) is 5.68. The van der Waals surface area contributed by atoms with Crippen LogP contribution in [0.2, 0.25) is 5.28 Å². The minimum absolute atomic E-state index is 0.174. The van der Waals surface area contributed by atoms with Crippen LogP contribution in [0.1, 0.15) is 32.0 Å². The van der Waals surface area contributed by atoms with Crippen LogP contribution in [0.15, 0.2) is 24.4 Å². The fraction of sp³-hybridized carbons (Fsp3) is 0.368. The van der Waals surface area contributed by atoms with Crippen LogP contribution in [0.25, 0.3) is 10.9 Å². The van der Waals surface area contributed by atoms with Gasteiger partial charge in [0.2, 0.25) is 5.28 Å². The highest BCUT2D eigenvalue weighted by Gasteiger charge is 2.22. The summed E-state index contributed by atoms with van der Waals surface area (Å²) < 4.78 is 6.79. The molecule has 27 heavy (non-hydrogen) atoms. The van der Waals surface area contributed by atoms with Crippen molar-refractivity contribution in [1.82, 2.24) is 19.7 Å². The third kappa shape index (κ3) is 3.88. The Bertz CT molecular complexity index is 1020. The Morgan fingerprint density at radius 2 is 1.96 bits per heavy atom. The number of hydrogen-bond acceptors (Lipinski definition) is 6. The standard InChI is InChI=1S/C19H22ClN5O2/c1-11-9-13-12(2)23-25(18(26)27-19(3,4)5)15(13)10-14(11)24(6)16-7-8-21-17(20)22-16/h7-10H,1-6H3. The predicted molar refractivity (Wildman–Crippen MR) is 106 cm³/mol. The van der Waals surface area contributed by atoms with E-state index in [0.29, 0.717) is 11.3 Å². The average Bonchev–Trinajstić information content (AvgIpc) is 2.88. The van der Waals surface area contributed by atoms with Crippen LogP contribution in [0.4, 0.5) is 16.3 Å². The minimum atomic E-state index is -0.606. The van der Waals surface area contributed by atoms with Crippen LogP contribution in [-0.4, -0.2) is 38.5 Å². The highest BCUT2D eigenvalue weighted by atomic mass is 35.5. The van der Waals surface area contributed by atoms with E-state index in [1.807, 2.05) is 58.7 Å². The third-order valence-corrected chi connectivity index (χ3v) is 4.25. The van der Waals surface area contributed by atoms with Crippen LogP contribution in [0, 0.1) is 13.8 Å². The fourth-order valence-corrected chi connectivity index (χ4v) is 2.99. The topological polar surface area (TPSA) is 73.1 Å². The smallest absolute Gasteiger partial charge is 0.435 e. The molecule has 0 aliphatic carbocycles. The molecule has 3 rings (SSSR count). The van der Waals surface area contributed by atoms with Crippen molar-refractivity contribution in [3.05, 3.63) is 40.9 Å². The maximum Gasteiger partial charge on any atom is 0.435 e. The van der Waals surface area contributed by atoms with Gasteiger partial charge in [-0.2, -0.15) is 9.78 Å². The van der Waals surface area contributed by atoms with Crippen molar-refractivity contribution >= 4 is 40.1 Å². The molecule has 0 unspecified atom stereocenters. The normalized spacial score (nSPS) is 11.7. The van der Waals surface area contributed by atoms with Crippen molar-refractivity contribution in [1.29, 1.82) is 0 Å². The Labute approximate surface area is 162 Å². The van der Waals surface area contributed by atoms with Gasteiger partial charge in [-0.15, -0.1) is 0 Å². The molecule has 7 nitrogen and oxygen atoms in total. The van der Waals surface area contributed by atoms with Gasteiger partial charge in [0.25, 0.3) is 0 Å².